The zero-order valence-corrected chi connectivity index (χ0v) is 8.33. The quantitative estimate of drug-likeness (QED) is 0.774. The van der Waals surface area contributed by atoms with Crippen LogP contribution in [0.2, 0.25) is 0 Å². The summed E-state index contributed by atoms with van der Waals surface area (Å²) in [7, 11) is 1.67. The second kappa shape index (κ2) is 3.62. The first-order chi connectivity index (χ1) is 6.81. The van der Waals surface area contributed by atoms with Gasteiger partial charge in [0.15, 0.2) is 6.73 Å². The standard InChI is InChI=1S/C11H13NO2/c1-8-3-4-9(10(5-8)13-2)11-6-12-7-14-11/h3-6,12H,7H2,1-2H3. The van der Waals surface area contributed by atoms with Gasteiger partial charge in [-0.05, 0) is 24.6 Å². The maximum atomic E-state index is 5.39. The van der Waals surface area contributed by atoms with E-state index in [1.54, 1.807) is 7.11 Å². The van der Waals surface area contributed by atoms with Crippen molar-refractivity contribution in [3.63, 3.8) is 0 Å². The van der Waals surface area contributed by atoms with Crippen LogP contribution in [0.1, 0.15) is 11.1 Å². The van der Waals surface area contributed by atoms with Crippen molar-refractivity contribution < 1.29 is 9.47 Å². The molecule has 0 radical (unpaired) electrons. The minimum absolute atomic E-state index is 0.534. The predicted octanol–water partition coefficient (Wildman–Crippen LogP) is 1.88. The summed E-state index contributed by atoms with van der Waals surface area (Å²) in [6.45, 7) is 2.57. The van der Waals surface area contributed by atoms with Gasteiger partial charge in [-0.25, -0.2) is 0 Å². The number of nitrogens with one attached hydrogen (secondary N) is 1. The molecule has 14 heavy (non-hydrogen) atoms. The number of hydrogen-bond acceptors (Lipinski definition) is 3. The zero-order valence-electron chi connectivity index (χ0n) is 8.33. The van der Waals surface area contributed by atoms with Gasteiger partial charge in [0.25, 0.3) is 0 Å². The highest BCUT2D eigenvalue weighted by Gasteiger charge is 2.12. The van der Waals surface area contributed by atoms with E-state index in [-0.39, 0.29) is 0 Å². The topological polar surface area (TPSA) is 30.5 Å². The predicted molar refractivity (Wildman–Crippen MR) is 54.8 cm³/mol. The monoisotopic (exact) mass is 191 g/mol. The Balaban J connectivity index is 2.41. The fourth-order valence-electron chi connectivity index (χ4n) is 1.45. The average molecular weight is 191 g/mol. The molecule has 0 fully saturated rings. The molecule has 1 heterocycles. The Morgan fingerprint density at radius 3 is 2.93 bits per heavy atom. The lowest BCUT2D eigenvalue weighted by Gasteiger charge is -2.09. The van der Waals surface area contributed by atoms with E-state index >= 15 is 0 Å². The Bertz CT molecular complexity index is 372. The van der Waals surface area contributed by atoms with Gasteiger partial charge in [0, 0.05) is 6.20 Å². The van der Waals surface area contributed by atoms with Gasteiger partial charge in [0.2, 0.25) is 0 Å². The number of hydrogen-bond donors (Lipinski definition) is 1. The third kappa shape index (κ3) is 1.53. The highest BCUT2D eigenvalue weighted by molar-refractivity contribution is 5.66. The Kier molecular flexibility index (Phi) is 2.31. The van der Waals surface area contributed by atoms with Crippen molar-refractivity contribution in [3.8, 4) is 5.75 Å². The summed E-state index contributed by atoms with van der Waals surface area (Å²) >= 11 is 0. The molecule has 3 heteroatoms. The van der Waals surface area contributed by atoms with Crippen LogP contribution in [-0.2, 0) is 4.74 Å². The van der Waals surface area contributed by atoms with Gasteiger partial charge in [-0.2, -0.15) is 0 Å². The minimum Gasteiger partial charge on any atom is -0.496 e. The van der Waals surface area contributed by atoms with E-state index in [9.17, 15) is 0 Å². The highest BCUT2D eigenvalue weighted by Crippen LogP contribution is 2.28. The van der Waals surface area contributed by atoms with E-state index in [1.807, 2.05) is 31.3 Å². The van der Waals surface area contributed by atoms with Crippen molar-refractivity contribution in [1.82, 2.24) is 5.32 Å². The van der Waals surface area contributed by atoms with E-state index in [0.717, 1.165) is 17.1 Å². The molecule has 1 aromatic carbocycles. The van der Waals surface area contributed by atoms with Crippen LogP contribution < -0.4 is 10.1 Å². The first-order valence-electron chi connectivity index (χ1n) is 4.52. The summed E-state index contributed by atoms with van der Waals surface area (Å²) in [5.41, 5.74) is 2.17. The van der Waals surface area contributed by atoms with Gasteiger partial charge < -0.3 is 14.8 Å². The molecule has 0 spiro atoms. The number of ether oxygens (including phenoxy) is 2. The Labute approximate surface area is 83.3 Å². The van der Waals surface area contributed by atoms with Crippen LogP contribution >= 0.6 is 0 Å². The molecule has 0 saturated heterocycles. The van der Waals surface area contributed by atoms with Crippen LogP contribution in [0, 0.1) is 6.92 Å². The molecule has 3 nitrogen and oxygen atoms in total. The maximum absolute atomic E-state index is 5.39. The molecule has 1 aliphatic heterocycles. The molecule has 0 saturated carbocycles. The number of aryl methyl sites for hydroxylation is 1. The Morgan fingerprint density at radius 2 is 2.29 bits per heavy atom. The molecule has 74 valence electrons. The lowest BCUT2D eigenvalue weighted by atomic mass is 10.1. The fraction of sp³-hybridized carbons (Fsp3) is 0.273. The van der Waals surface area contributed by atoms with E-state index < -0.39 is 0 Å². The second-order valence-electron chi connectivity index (χ2n) is 3.21. The molecule has 1 aromatic rings. The largest absolute Gasteiger partial charge is 0.496 e. The lowest BCUT2D eigenvalue weighted by molar-refractivity contribution is 0.289. The minimum atomic E-state index is 0.534. The summed E-state index contributed by atoms with van der Waals surface area (Å²) in [5, 5.41) is 3.00. The van der Waals surface area contributed by atoms with Gasteiger partial charge in [-0.3, -0.25) is 0 Å². The van der Waals surface area contributed by atoms with Crippen molar-refractivity contribution in [1.29, 1.82) is 0 Å². The van der Waals surface area contributed by atoms with Crippen LogP contribution in [0.25, 0.3) is 5.76 Å². The van der Waals surface area contributed by atoms with E-state index in [0.29, 0.717) is 6.73 Å². The summed E-state index contributed by atoms with van der Waals surface area (Å²) in [4.78, 5) is 0. The Morgan fingerprint density at radius 1 is 1.43 bits per heavy atom. The molecule has 1 aliphatic rings. The van der Waals surface area contributed by atoms with E-state index in [2.05, 4.69) is 5.32 Å². The smallest absolute Gasteiger partial charge is 0.158 e. The maximum Gasteiger partial charge on any atom is 0.158 e. The van der Waals surface area contributed by atoms with Crippen LogP contribution in [0.3, 0.4) is 0 Å². The highest BCUT2D eigenvalue weighted by atomic mass is 16.5. The number of methoxy groups -OCH3 is 1. The molecule has 0 aliphatic carbocycles. The molecule has 0 bridgehead atoms. The summed E-state index contributed by atoms with van der Waals surface area (Å²) in [6, 6.07) is 6.05. The first-order valence-corrected chi connectivity index (χ1v) is 4.52. The van der Waals surface area contributed by atoms with Crippen molar-refractivity contribution >= 4 is 5.76 Å². The van der Waals surface area contributed by atoms with Crippen molar-refractivity contribution in [3.05, 3.63) is 35.5 Å². The molecule has 0 atom stereocenters. The van der Waals surface area contributed by atoms with Gasteiger partial charge in [-0.15, -0.1) is 0 Å². The van der Waals surface area contributed by atoms with Gasteiger partial charge in [-0.1, -0.05) is 6.07 Å². The van der Waals surface area contributed by atoms with Crippen molar-refractivity contribution in [2.24, 2.45) is 0 Å². The second-order valence-corrected chi connectivity index (χ2v) is 3.21. The third-order valence-corrected chi connectivity index (χ3v) is 2.17. The SMILES string of the molecule is COc1cc(C)ccc1C1=CNCO1. The van der Waals surface area contributed by atoms with E-state index in [1.165, 1.54) is 5.56 Å². The average Bonchev–Trinajstić information content (AvgIpc) is 2.70. The molecule has 0 aromatic heterocycles. The van der Waals surface area contributed by atoms with Gasteiger partial charge in [0.1, 0.15) is 11.5 Å². The summed E-state index contributed by atoms with van der Waals surface area (Å²) < 4.78 is 10.7. The summed E-state index contributed by atoms with van der Waals surface area (Å²) in [6.07, 6.45) is 1.85. The van der Waals surface area contributed by atoms with Crippen LogP contribution in [0.5, 0.6) is 5.75 Å². The van der Waals surface area contributed by atoms with E-state index in [4.69, 9.17) is 9.47 Å². The number of benzene rings is 1. The van der Waals surface area contributed by atoms with Crippen LogP contribution in [0.15, 0.2) is 24.4 Å². The van der Waals surface area contributed by atoms with Crippen LogP contribution in [-0.4, -0.2) is 13.8 Å². The Hall–Kier alpha value is -1.64. The van der Waals surface area contributed by atoms with Crippen molar-refractivity contribution in [2.75, 3.05) is 13.8 Å². The van der Waals surface area contributed by atoms with Gasteiger partial charge in [0.05, 0.1) is 12.7 Å². The third-order valence-electron chi connectivity index (χ3n) is 2.17. The molecule has 0 unspecified atom stereocenters. The molecule has 0 amide bonds. The molecule has 1 N–H and O–H groups in total. The fourth-order valence-corrected chi connectivity index (χ4v) is 1.45. The molecular weight excluding hydrogens is 178 g/mol. The normalized spacial score (nSPS) is 14.3. The lowest BCUT2D eigenvalue weighted by Crippen LogP contribution is -1.99. The molecule has 2 rings (SSSR count). The van der Waals surface area contributed by atoms with Crippen LogP contribution in [0.4, 0.5) is 0 Å². The number of rotatable bonds is 2. The zero-order chi connectivity index (χ0) is 9.97. The van der Waals surface area contributed by atoms with Gasteiger partial charge >= 0.3 is 0 Å². The first kappa shape index (κ1) is 8.94. The molecular formula is C11H13NO2. The van der Waals surface area contributed by atoms with Crippen molar-refractivity contribution in [2.45, 2.75) is 6.92 Å². The summed E-state index contributed by atoms with van der Waals surface area (Å²) in [5.74, 6) is 1.68.